The molecule has 0 saturated carbocycles. The number of benzene rings is 2. The Morgan fingerprint density at radius 2 is 1.78 bits per heavy atom. The van der Waals surface area contributed by atoms with Gasteiger partial charge in [0.15, 0.2) is 0 Å². The van der Waals surface area contributed by atoms with Crippen LogP contribution in [-0.2, 0) is 13.1 Å². The number of pyridine rings is 1. The standard InChI is InChI=1S/C29H28N6O2/c36-28-24-10-4-5-11-26(24)35-27(32-28)25(17-31-35)29(37)34(19-22-12-14-30-15-13-22)23-9-6-16-33(20-23)18-21-7-2-1-3-8-21/h1-5,7-8,10-15,17,23H,6,9,16,18-20H2,(H,32,36). The minimum atomic E-state index is -0.231. The normalized spacial score (nSPS) is 16.3. The molecule has 3 aromatic heterocycles. The van der Waals surface area contributed by atoms with E-state index in [-0.39, 0.29) is 17.5 Å². The average Bonchev–Trinajstić information content (AvgIpc) is 3.37. The number of carbonyl (C=O) groups excluding carboxylic acids is 1. The van der Waals surface area contributed by atoms with E-state index >= 15 is 0 Å². The van der Waals surface area contributed by atoms with E-state index in [0.717, 1.165) is 38.0 Å². The van der Waals surface area contributed by atoms with Gasteiger partial charge in [0.2, 0.25) is 0 Å². The van der Waals surface area contributed by atoms with Crippen molar-refractivity contribution in [1.82, 2.24) is 29.4 Å². The van der Waals surface area contributed by atoms with Crippen molar-refractivity contribution in [3.05, 3.63) is 112 Å². The van der Waals surface area contributed by atoms with E-state index < -0.39 is 0 Å². The lowest BCUT2D eigenvalue weighted by Crippen LogP contribution is -2.49. The molecule has 1 N–H and O–H groups in total. The number of nitrogens with one attached hydrogen (secondary N) is 1. The lowest BCUT2D eigenvalue weighted by molar-refractivity contribution is 0.0512. The van der Waals surface area contributed by atoms with Gasteiger partial charge in [-0.15, -0.1) is 0 Å². The van der Waals surface area contributed by atoms with E-state index in [1.165, 1.54) is 5.56 Å². The van der Waals surface area contributed by atoms with Crippen molar-refractivity contribution in [3.8, 4) is 0 Å². The van der Waals surface area contributed by atoms with Crippen LogP contribution in [0.5, 0.6) is 0 Å². The van der Waals surface area contributed by atoms with Gasteiger partial charge in [0.1, 0.15) is 11.2 Å². The zero-order chi connectivity index (χ0) is 25.2. The molecule has 0 aliphatic carbocycles. The number of amides is 1. The van der Waals surface area contributed by atoms with Crippen LogP contribution in [0.2, 0.25) is 0 Å². The van der Waals surface area contributed by atoms with E-state index in [9.17, 15) is 9.59 Å². The molecule has 1 fully saturated rings. The Hall–Kier alpha value is -4.30. The van der Waals surface area contributed by atoms with Crippen LogP contribution in [-0.4, -0.2) is 54.4 Å². The lowest BCUT2D eigenvalue weighted by atomic mass is 10.0. The predicted molar refractivity (Wildman–Crippen MR) is 142 cm³/mol. The fraction of sp³-hybridized carbons (Fsp3) is 0.241. The molecule has 1 atom stereocenters. The molecule has 6 rings (SSSR count). The van der Waals surface area contributed by atoms with Gasteiger partial charge in [0.05, 0.1) is 17.1 Å². The second-order valence-corrected chi connectivity index (χ2v) is 9.60. The fourth-order valence-electron chi connectivity index (χ4n) is 5.31. The van der Waals surface area contributed by atoms with Crippen LogP contribution in [0.1, 0.15) is 34.3 Å². The van der Waals surface area contributed by atoms with Crippen LogP contribution >= 0.6 is 0 Å². The van der Waals surface area contributed by atoms with Crippen LogP contribution in [0.25, 0.3) is 16.6 Å². The van der Waals surface area contributed by atoms with Gasteiger partial charge in [0.25, 0.3) is 11.5 Å². The van der Waals surface area contributed by atoms with Crippen molar-refractivity contribution in [3.63, 3.8) is 0 Å². The predicted octanol–water partition coefficient (Wildman–Crippen LogP) is 3.88. The summed E-state index contributed by atoms with van der Waals surface area (Å²) in [7, 11) is 0. The van der Waals surface area contributed by atoms with Gasteiger partial charge < -0.3 is 9.88 Å². The monoisotopic (exact) mass is 492 g/mol. The molecular weight excluding hydrogens is 464 g/mol. The summed E-state index contributed by atoms with van der Waals surface area (Å²) in [6.45, 7) is 3.09. The highest BCUT2D eigenvalue weighted by molar-refractivity contribution is 6.00. The largest absolute Gasteiger partial charge is 0.330 e. The summed E-state index contributed by atoms with van der Waals surface area (Å²) in [6, 6.07) is 21.6. The van der Waals surface area contributed by atoms with Crippen molar-refractivity contribution in [2.24, 2.45) is 0 Å². The van der Waals surface area contributed by atoms with Crippen LogP contribution in [0.3, 0.4) is 0 Å². The maximum atomic E-state index is 14.2. The van der Waals surface area contributed by atoms with Crippen molar-refractivity contribution < 1.29 is 4.79 Å². The molecule has 1 unspecified atom stereocenters. The SMILES string of the molecule is O=C(c1cnn2c1[nH]c(=O)c1ccccc12)N(Cc1ccncc1)C1CCCN(Cc2ccccc2)C1. The number of likely N-dealkylation sites (tertiary alicyclic amines) is 1. The molecule has 0 bridgehead atoms. The fourth-order valence-corrected chi connectivity index (χ4v) is 5.31. The molecule has 4 heterocycles. The molecular formula is C29H28N6O2. The summed E-state index contributed by atoms with van der Waals surface area (Å²) < 4.78 is 1.65. The molecule has 1 amide bonds. The highest BCUT2D eigenvalue weighted by atomic mass is 16.2. The van der Waals surface area contributed by atoms with Crippen LogP contribution < -0.4 is 5.56 Å². The maximum Gasteiger partial charge on any atom is 0.259 e. The third-order valence-corrected chi connectivity index (χ3v) is 7.14. The van der Waals surface area contributed by atoms with Gasteiger partial charge in [-0.25, -0.2) is 4.52 Å². The maximum absolute atomic E-state index is 14.2. The third kappa shape index (κ3) is 4.63. The minimum absolute atomic E-state index is 0.0280. The summed E-state index contributed by atoms with van der Waals surface area (Å²) in [5, 5.41) is 5.03. The summed E-state index contributed by atoms with van der Waals surface area (Å²) in [6.07, 6.45) is 7.00. The number of hydrogen-bond donors (Lipinski definition) is 1. The second kappa shape index (κ2) is 9.99. The number of aromatic nitrogens is 4. The van der Waals surface area contributed by atoms with E-state index in [0.29, 0.717) is 28.7 Å². The van der Waals surface area contributed by atoms with Crippen LogP contribution in [0.4, 0.5) is 0 Å². The van der Waals surface area contributed by atoms with Gasteiger partial charge in [0, 0.05) is 38.1 Å². The zero-order valence-electron chi connectivity index (χ0n) is 20.5. The Morgan fingerprint density at radius 3 is 2.62 bits per heavy atom. The highest BCUT2D eigenvalue weighted by Gasteiger charge is 2.31. The first-order valence-electron chi connectivity index (χ1n) is 12.6. The molecule has 8 nitrogen and oxygen atoms in total. The van der Waals surface area contributed by atoms with Crippen molar-refractivity contribution in [1.29, 1.82) is 0 Å². The number of aromatic amines is 1. The summed E-state index contributed by atoms with van der Waals surface area (Å²) in [5.74, 6) is -0.135. The van der Waals surface area contributed by atoms with Crippen molar-refractivity contribution in [2.45, 2.75) is 32.0 Å². The topological polar surface area (TPSA) is 86.6 Å². The molecule has 0 radical (unpaired) electrons. The lowest BCUT2D eigenvalue weighted by Gasteiger charge is -2.39. The number of rotatable bonds is 6. The number of piperidine rings is 1. The number of H-pyrrole nitrogens is 1. The highest BCUT2D eigenvalue weighted by Crippen LogP contribution is 2.24. The van der Waals surface area contributed by atoms with E-state index in [1.807, 2.05) is 41.3 Å². The zero-order valence-corrected chi connectivity index (χ0v) is 20.5. The van der Waals surface area contributed by atoms with Gasteiger partial charge in [-0.1, -0.05) is 42.5 Å². The Morgan fingerprint density at radius 1 is 1.00 bits per heavy atom. The number of fused-ring (bicyclic) bond motifs is 3. The van der Waals surface area contributed by atoms with E-state index in [1.54, 1.807) is 29.2 Å². The minimum Gasteiger partial charge on any atom is -0.330 e. The van der Waals surface area contributed by atoms with E-state index in [2.05, 4.69) is 44.2 Å². The average molecular weight is 493 g/mol. The number of carbonyl (C=O) groups is 1. The quantitative estimate of drug-likeness (QED) is 0.389. The van der Waals surface area contributed by atoms with Gasteiger partial charge in [-0.05, 0) is 54.8 Å². The summed E-state index contributed by atoms with van der Waals surface area (Å²) in [5.41, 5.74) is 3.54. The number of nitrogens with zero attached hydrogens (tertiary/aromatic N) is 5. The van der Waals surface area contributed by atoms with Gasteiger partial charge in [-0.3, -0.25) is 19.5 Å². The van der Waals surface area contributed by atoms with Crippen LogP contribution in [0.15, 0.2) is 90.1 Å². The van der Waals surface area contributed by atoms with E-state index in [4.69, 9.17) is 0 Å². The third-order valence-electron chi connectivity index (χ3n) is 7.14. The molecule has 2 aromatic carbocycles. The molecule has 0 spiro atoms. The van der Waals surface area contributed by atoms with Gasteiger partial charge >= 0.3 is 0 Å². The Bertz CT molecular complexity index is 1600. The summed E-state index contributed by atoms with van der Waals surface area (Å²) in [4.78, 5) is 38.4. The number of para-hydroxylation sites is 1. The first kappa shape index (κ1) is 23.1. The smallest absolute Gasteiger partial charge is 0.259 e. The molecule has 1 aliphatic rings. The molecule has 1 saturated heterocycles. The number of hydrogen-bond acceptors (Lipinski definition) is 5. The van der Waals surface area contributed by atoms with Crippen molar-refractivity contribution >= 4 is 22.5 Å². The first-order chi connectivity index (χ1) is 18.2. The molecule has 186 valence electrons. The molecule has 1 aliphatic heterocycles. The molecule has 5 aromatic rings. The van der Waals surface area contributed by atoms with Crippen LogP contribution in [0, 0.1) is 0 Å². The summed E-state index contributed by atoms with van der Waals surface area (Å²) >= 11 is 0. The Labute approximate surface area is 214 Å². The second-order valence-electron chi connectivity index (χ2n) is 9.60. The Balaban J connectivity index is 1.35. The van der Waals surface area contributed by atoms with Gasteiger partial charge in [-0.2, -0.15) is 5.10 Å². The molecule has 37 heavy (non-hydrogen) atoms. The first-order valence-corrected chi connectivity index (χ1v) is 12.6. The Kier molecular flexibility index (Phi) is 6.24. The molecule has 8 heteroatoms. The van der Waals surface area contributed by atoms with Crippen molar-refractivity contribution in [2.75, 3.05) is 13.1 Å².